The van der Waals surface area contributed by atoms with Gasteiger partial charge in [-0.2, -0.15) is 5.26 Å². The van der Waals surface area contributed by atoms with Gasteiger partial charge in [0, 0.05) is 12.7 Å². The van der Waals surface area contributed by atoms with Crippen LogP contribution >= 0.6 is 11.6 Å². The Morgan fingerprint density at radius 1 is 1.31 bits per heavy atom. The minimum Gasteiger partial charge on any atom is -0.441 e. The largest absolute Gasteiger partial charge is 0.441 e. The van der Waals surface area contributed by atoms with E-state index in [1.54, 1.807) is 12.4 Å². The van der Waals surface area contributed by atoms with Gasteiger partial charge in [0.15, 0.2) is 11.6 Å². The van der Waals surface area contributed by atoms with Crippen molar-refractivity contribution < 1.29 is 13.9 Å². The number of hydrogen-bond donors (Lipinski definition) is 0. The fourth-order valence-corrected chi connectivity index (χ4v) is 5.35. The highest BCUT2D eigenvalue weighted by molar-refractivity contribution is 6.30. The summed E-state index contributed by atoms with van der Waals surface area (Å²) in [7, 11) is 0. The molecule has 3 heterocycles. The van der Waals surface area contributed by atoms with E-state index in [4.69, 9.17) is 16.3 Å². The molecule has 5 rings (SSSR count). The third-order valence-corrected chi connectivity index (χ3v) is 6.69. The molecule has 3 aromatic rings. The zero-order chi connectivity index (χ0) is 22.5. The van der Waals surface area contributed by atoms with Crippen LogP contribution in [-0.4, -0.2) is 32.8 Å². The molecule has 1 amide bonds. The zero-order valence-corrected chi connectivity index (χ0v) is 18.3. The van der Waals surface area contributed by atoms with Gasteiger partial charge in [0.2, 0.25) is 0 Å². The molecule has 2 aliphatic rings. The van der Waals surface area contributed by atoms with Gasteiger partial charge in [-0.1, -0.05) is 18.5 Å². The average Bonchev–Trinajstić information content (AvgIpc) is 3.27. The Hall–Kier alpha value is -3.18. The third kappa shape index (κ3) is 3.56. The van der Waals surface area contributed by atoms with E-state index in [0.717, 1.165) is 29.9 Å². The highest BCUT2D eigenvalue weighted by Crippen LogP contribution is 2.48. The van der Waals surface area contributed by atoms with Crippen molar-refractivity contribution in [3.05, 3.63) is 53.2 Å². The number of hydrogen-bond acceptors (Lipinski definition) is 5. The van der Waals surface area contributed by atoms with Crippen LogP contribution in [0.4, 0.5) is 15.0 Å². The number of benzene rings is 1. The van der Waals surface area contributed by atoms with Crippen molar-refractivity contribution in [1.82, 2.24) is 14.5 Å². The van der Waals surface area contributed by atoms with Crippen LogP contribution < -0.4 is 4.90 Å². The van der Waals surface area contributed by atoms with Gasteiger partial charge in [0.1, 0.15) is 5.60 Å². The minimum atomic E-state index is -0.702. The van der Waals surface area contributed by atoms with Gasteiger partial charge < -0.3 is 9.30 Å². The average molecular weight is 454 g/mol. The van der Waals surface area contributed by atoms with Crippen molar-refractivity contribution in [3.8, 4) is 6.07 Å². The lowest BCUT2D eigenvalue weighted by atomic mass is 9.68. The predicted octanol–water partition coefficient (Wildman–Crippen LogP) is 5.07. The topological polar surface area (TPSA) is 84.0 Å². The van der Waals surface area contributed by atoms with Crippen molar-refractivity contribution in [2.24, 2.45) is 5.41 Å². The summed E-state index contributed by atoms with van der Waals surface area (Å²) in [4.78, 5) is 22.4. The maximum Gasteiger partial charge on any atom is 0.416 e. The van der Waals surface area contributed by atoms with Crippen molar-refractivity contribution in [1.29, 1.82) is 5.26 Å². The van der Waals surface area contributed by atoms with Gasteiger partial charge in [-0.3, -0.25) is 4.90 Å². The lowest BCUT2D eigenvalue weighted by molar-refractivity contribution is -0.0264. The molecule has 9 heteroatoms. The molecule has 1 spiro atoms. The van der Waals surface area contributed by atoms with Gasteiger partial charge in [0.25, 0.3) is 0 Å². The summed E-state index contributed by atoms with van der Waals surface area (Å²) < 4.78 is 22.3. The number of carbonyl (C=O) groups excluding carboxylic acids is 1. The van der Waals surface area contributed by atoms with E-state index in [-0.39, 0.29) is 22.8 Å². The predicted molar refractivity (Wildman–Crippen MR) is 117 cm³/mol. The molecule has 2 aromatic heterocycles. The van der Waals surface area contributed by atoms with Crippen molar-refractivity contribution in [3.63, 3.8) is 0 Å². The van der Waals surface area contributed by atoms with Crippen molar-refractivity contribution in [2.45, 2.75) is 44.8 Å². The molecular formula is C23H21ClFN5O2. The Labute approximate surface area is 189 Å². The van der Waals surface area contributed by atoms with Gasteiger partial charge in [0.05, 0.1) is 40.6 Å². The smallest absolute Gasteiger partial charge is 0.416 e. The van der Waals surface area contributed by atoms with Crippen LogP contribution in [0.15, 0.2) is 36.8 Å². The van der Waals surface area contributed by atoms with Gasteiger partial charge in [-0.05, 0) is 55.4 Å². The Kier molecular flexibility index (Phi) is 4.82. The summed E-state index contributed by atoms with van der Waals surface area (Å²) in [5.41, 5.74) is 1.45. The van der Waals surface area contributed by atoms with E-state index >= 15 is 0 Å². The number of aromatic nitrogens is 3. The normalized spacial score (nSPS) is 25.3. The summed E-state index contributed by atoms with van der Waals surface area (Å²) in [6.07, 6.45) is 5.70. The molecule has 164 valence electrons. The van der Waals surface area contributed by atoms with Gasteiger partial charge in [-0.25, -0.2) is 19.2 Å². The lowest BCUT2D eigenvalue weighted by Crippen LogP contribution is -2.45. The summed E-state index contributed by atoms with van der Waals surface area (Å²) in [6.45, 7) is 3.09. The van der Waals surface area contributed by atoms with Crippen LogP contribution in [-0.2, 0) is 11.3 Å². The number of amides is 1. The molecule has 0 N–H and O–H groups in total. The second kappa shape index (κ2) is 7.45. The first-order valence-corrected chi connectivity index (χ1v) is 10.8. The number of nitriles is 1. The maximum absolute atomic E-state index is 14.4. The van der Waals surface area contributed by atoms with Crippen LogP contribution in [0.5, 0.6) is 0 Å². The van der Waals surface area contributed by atoms with E-state index in [0.29, 0.717) is 24.9 Å². The van der Waals surface area contributed by atoms with Crippen LogP contribution in [0.1, 0.15) is 38.2 Å². The molecule has 2 fully saturated rings. The van der Waals surface area contributed by atoms with Gasteiger partial charge >= 0.3 is 6.09 Å². The van der Waals surface area contributed by atoms with Crippen LogP contribution in [0, 0.1) is 22.6 Å². The lowest BCUT2D eigenvalue weighted by Gasteiger charge is -2.43. The minimum absolute atomic E-state index is 0.0619. The van der Waals surface area contributed by atoms with E-state index in [1.807, 2.05) is 12.1 Å². The van der Waals surface area contributed by atoms with E-state index in [2.05, 4.69) is 27.5 Å². The van der Waals surface area contributed by atoms with Crippen LogP contribution in [0.25, 0.3) is 11.0 Å². The van der Waals surface area contributed by atoms with Gasteiger partial charge in [-0.15, -0.1) is 0 Å². The van der Waals surface area contributed by atoms with Crippen LogP contribution in [0.3, 0.4) is 0 Å². The molecule has 0 radical (unpaired) electrons. The standard InChI is InChI=1S/C23H21ClFN5O2/c1-22(12-29-14-28-18-4-3-15(9-26)7-19(18)29)5-2-6-23(11-22)13-30(21(31)32-23)20-17(25)8-16(24)10-27-20/h3-4,7-8,10,14H,2,5-6,11-13H2,1H3. The van der Waals surface area contributed by atoms with Crippen LogP contribution in [0.2, 0.25) is 5.02 Å². The first-order chi connectivity index (χ1) is 15.3. The van der Waals surface area contributed by atoms with Crippen molar-refractivity contribution >= 4 is 34.5 Å². The summed E-state index contributed by atoms with van der Waals surface area (Å²) in [5.74, 6) is -0.712. The summed E-state index contributed by atoms with van der Waals surface area (Å²) >= 11 is 5.81. The number of carbonyl (C=O) groups is 1. The second-order valence-corrected chi connectivity index (χ2v) is 9.56. The first kappa shape index (κ1) is 20.7. The number of nitrogens with zero attached hydrogens (tertiary/aromatic N) is 5. The molecule has 7 nitrogen and oxygen atoms in total. The molecule has 2 unspecified atom stereocenters. The van der Waals surface area contributed by atoms with E-state index in [9.17, 15) is 14.4 Å². The van der Waals surface area contributed by atoms with E-state index < -0.39 is 17.5 Å². The Bertz CT molecular complexity index is 1270. The summed E-state index contributed by atoms with van der Waals surface area (Å²) in [6, 6.07) is 8.77. The Morgan fingerprint density at radius 3 is 2.94 bits per heavy atom. The van der Waals surface area contributed by atoms with E-state index in [1.165, 1.54) is 11.1 Å². The highest BCUT2D eigenvalue weighted by Gasteiger charge is 2.52. The fourth-order valence-electron chi connectivity index (χ4n) is 5.21. The second-order valence-electron chi connectivity index (χ2n) is 9.12. The summed E-state index contributed by atoms with van der Waals surface area (Å²) in [5, 5.41) is 9.42. The molecule has 1 aliphatic carbocycles. The molecule has 32 heavy (non-hydrogen) atoms. The molecule has 1 saturated carbocycles. The number of anilines is 1. The fraction of sp³-hybridized carbons (Fsp3) is 0.391. The Balaban J connectivity index is 1.40. The third-order valence-electron chi connectivity index (χ3n) is 6.48. The number of ether oxygens (including phenoxy) is 1. The molecule has 2 atom stereocenters. The molecule has 1 saturated heterocycles. The zero-order valence-electron chi connectivity index (χ0n) is 17.5. The highest BCUT2D eigenvalue weighted by atomic mass is 35.5. The molecule has 1 aromatic carbocycles. The number of halogens is 2. The maximum atomic E-state index is 14.4. The molecular weight excluding hydrogens is 433 g/mol. The Morgan fingerprint density at radius 2 is 2.16 bits per heavy atom. The SMILES string of the molecule is CC1(Cn2cnc3ccc(C#N)cc32)CCCC2(CN(c3ncc(Cl)cc3F)C(=O)O2)C1. The molecule has 1 aliphatic heterocycles. The number of pyridine rings is 1. The molecule has 0 bridgehead atoms. The van der Waals surface area contributed by atoms with Crippen molar-refractivity contribution in [2.75, 3.05) is 11.4 Å². The quantitative estimate of drug-likeness (QED) is 0.552. The number of imidazole rings is 1. The number of rotatable bonds is 3. The first-order valence-electron chi connectivity index (χ1n) is 10.5. The number of fused-ring (bicyclic) bond motifs is 1. The monoisotopic (exact) mass is 453 g/mol.